The van der Waals surface area contributed by atoms with Crippen LogP contribution in [0.5, 0.6) is 5.75 Å². The van der Waals surface area contributed by atoms with Gasteiger partial charge in [-0.25, -0.2) is 0 Å². The normalized spacial score (nSPS) is 12.3. The van der Waals surface area contributed by atoms with Crippen molar-refractivity contribution in [1.29, 1.82) is 0 Å². The number of benzene rings is 1. The van der Waals surface area contributed by atoms with Crippen LogP contribution >= 0.6 is 0 Å². The predicted molar refractivity (Wildman–Crippen MR) is 73.9 cm³/mol. The van der Waals surface area contributed by atoms with Crippen LogP contribution in [0.25, 0.3) is 0 Å². The minimum absolute atomic E-state index is 0.0660. The van der Waals surface area contributed by atoms with E-state index in [1.165, 1.54) is 5.56 Å². The summed E-state index contributed by atoms with van der Waals surface area (Å²) in [5, 5.41) is 2.87. The monoisotopic (exact) mass is 249 g/mol. The third-order valence-corrected chi connectivity index (χ3v) is 2.69. The second kappa shape index (κ2) is 6.43. The molecule has 3 nitrogen and oxygen atoms in total. The Hall–Kier alpha value is -1.51. The third-order valence-electron chi connectivity index (χ3n) is 2.69. The highest BCUT2D eigenvalue weighted by molar-refractivity contribution is 5.80. The number of hydrogen-bond donors (Lipinski definition) is 1. The molecule has 1 amide bonds. The van der Waals surface area contributed by atoms with Crippen LogP contribution in [0.3, 0.4) is 0 Å². The lowest BCUT2D eigenvalue weighted by atomic mass is 10.1. The number of carbonyl (C=O) groups excluding carboxylic acids is 1. The predicted octanol–water partition coefficient (Wildman–Crippen LogP) is 2.84. The zero-order chi connectivity index (χ0) is 13.7. The van der Waals surface area contributed by atoms with E-state index >= 15 is 0 Å². The van der Waals surface area contributed by atoms with Crippen LogP contribution in [-0.4, -0.2) is 18.6 Å². The van der Waals surface area contributed by atoms with E-state index in [1.54, 1.807) is 6.92 Å². The molecule has 0 aliphatic rings. The van der Waals surface area contributed by atoms with Gasteiger partial charge in [-0.3, -0.25) is 4.79 Å². The number of rotatable bonds is 5. The molecular weight excluding hydrogens is 226 g/mol. The van der Waals surface area contributed by atoms with Gasteiger partial charge in [0.15, 0.2) is 6.10 Å². The lowest BCUT2D eigenvalue weighted by molar-refractivity contribution is -0.127. The average Bonchev–Trinajstić information content (AvgIpc) is 2.29. The van der Waals surface area contributed by atoms with E-state index in [4.69, 9.17) is 4.74 Å². The van der Waals surface area contributed by atoms with Gasteiger partial charge in [0, 0.05) is 6.54 Å². The summed E-state index contributed by atoms with van der Waals surface area (Å²) in [6, 6.07) is 5.95. The Bertz CT molecular complexity index is 413. The fraction of sp³-hybridized carbons (Fsp3) is 0.533. The van der Waals surface area contributed by atoms with Gasteiger partial charge in [-0.05, 0) is 38.3 Å². The van der Waals surface area contributed by atoms with Crippen molar-refractivity contribution < 1.29 is 9.53 Å². The van der Waals surface area contributed by atoms with Gasteiger partial charge in [0.2, 0.25) is 0 Å². The van der Waals surface area contributed by atoms with Crippen LogP contribution in [0.2, 0.25) is 0 Å². The van der Waals surface area contributed by atoms with Gasteiger partial charge in [-0.2, -0.15) is 0 Å². The minimum Gasteiger partial charge on any atom is -0.481 e. The summed E-state index contributed by atoms with van der Waals surface area (Å²) >= 11 is 0. The Morgan fingerprint density at radius 3 is 2.50 bits per heavy atom. The second-order valence-electron chi connectivity index (χ2n) is 5.17. The molecule has 0 aromatic heterocycles. The Morgan fingerprint density at radius 2 is 1.94 bits per heavy atom. The maximum absolute atomic E-state index is 11.8. The molecule has 0 saturated heterocycles. The van der Waals surface area contributed by atoms with Crippen molar-refractivity contribution >= 4 is 5.91 Å². The summed E-state index contributed by atoms with van der Waals surface area (Å²) in [4.78, 5) is 11.8. The molecule has 100 valence electrons. The van der Waals surface area contributed by atoms with Crippen molar-refractivity contribution in [2.75, 3.05) is 6.54 Å². The standard InChI is InChI=1S/C15H23NO2/c1-10(2)9-16-15(17)13(5)18-14-7-6-11(3)8-12(14)4/h6-8,10,13H,9H2,1-5H3,(H,16,17). The van der Waals surface area contributed by atoms with Gasteiger partial charge in [0.1, 0.15) is 5.75 Å². The molecular formula is C15H23NO2. The SMILES string of the molecule is Cc1ccc(OC(C)C(=O)NCC(C)C)c(C)c1. The largest absolute Gasteiger partial charge is 0.481 e. The van der Waals surface area contributed by atoms with Crippen LogP contribution in [0.15, 0.2) is 18.2 Å². The summed E-state index contributed by atoms with van der Waals surface area (Å²) in [7, 11) is 0. The van der Waals surface area contributed by atoms with Crippen LogP contribution in [-0.2, 0) is 4.79 Å². The summed E-state index contributed by atoms with van der Waals surface area (Å²) in [6.45, 7) is 10.6. The lowest BCUT2D eigenvalue weighted by Gasteiger charge is -2.17. The number of carbonyl (C=O) groups is 1. The first-order chi connectivity index (χ1) is 8.40. The highest BCUT2D eigenvalue weighted by Crippen LogP contribution is 2.19. The third kappa shape index (κ3) is 4.40. The first kappa shape index (κ1) is 14.6. The number of aryl methyl sites for hydroxylation is 2. The molecule has 1 N–H and O–H groups in total. The van der Waals surface area contributed by atoms with Gasteiger partial charge in [-0.15, -0.1) is 0 Å². The highest BCUT2D eigenvalue weighted by Gasteiger charge is 2.15. The molecule has 0 bridgehead atoms. The molecule has 0 heterocycles. The van der Waals surface area contributed by atoms with E-state index in [1.807, 2.05) is 32.0 Å². The summed E-state index contributed by atoms with van der Waals surface area (Å²) < 4.78 is 5.68. The molecule has 1 atom stereocenters. The molecule has 0 aliphatic carbocycles. The van der Waals surface area contributed by atoms with Crippen molar-refractivity contribution in [1.82, 2.24) is 5.32 Å². The van der Waals surface area contributed by atoms with Gasteiger partial charge >= 0.3 is 0 Å². The maximum atomic E-state index is 11.8. The summed E-state index contributed by atoms with van der Waals surface area (Å²) in [6.07, 6.45) is -0.467. The molecule has 0 spiro atoms. The molecule has 0 saturated carbocycles. The highest BCUT2D eigenvalue weighted by atomic mass is 16.5. The zero-order valence-electron chi connectivity index (χ0n) is 11.9. The minimum atomic E-state index is -0.467. The maximum Gasteiger partial charge on any atom is 0.260 e. The van der Waals surface area contributed by atoms with Crippen molar-refractivity contribution in [3.05, 3.63) is 29.3 Å². The van der Waals surface area contributed by atoms with Gasteiger partial charge in [0.05, 0.1) is 0 Å². The fourth-order valence-corrected chi connectivity index (χ4v) is 1.62. The molecule has 0 aliphatic heterocycles. The van der Waals surface area contributed by atoms with Crippen molar-refractivity contribution in [2.24, 2.45) is 5.92 Å². The van der Waals surface area contributed by atoms with E-state index in [-0.39, 0.29) is 5.91 Å². The van der Waals surface area contributed by atoms with Gasteiger partial charge in [-0.1, -0.05) is 31.5 Å². The van der Waals surface area contributed by atoms with Crippen molar-refractivity contribution in [3.63, 3.8) is 0 Å². The molecule has 0 radical (unpaired) electrons. The molecule has 1 aromatic rings. The molecule has 1 unspecified atom stereocenters. The van der Waals surface area contributed by atoms with E-state index < -0.39 is 6.10 Å². The Labute approximate surface area is 110 Å². The molecule has 18 heavy (non-hydrogen) atoms. The number of nitrogens with one attached hydrogen (secondary N) is 1. The topological polar surface area (TPSA) is 38.3 Å². The Kier molecular flexibility index (Phi) is 5.20. The number of ether oxygens (including phenoxy) is 1. The van der Waals surface area contributed by atoms with E-state index in [0.29, 0.717) is 12.5 Å². The van der Waals surface area contributed by atoms with E-state index in [9.17, 15) is 4.79 Å². The smallest absolute Gasteiger partial charge is 0.260 e. The summed E-state index contributed by atoms with van der Waals surface area (Å²) in [5.41, 5.74) is 2.25. The molecule has 1 aromatic carbocycles. The molecule has 0 fully saturated rings. The number of amides is 1. The van der Waals surface area contributed by atoms with Crippen LogP contribution in [0.4, 0.5) is 0 Å². The average molecular weight is 249 g/mol. The number of hydrogen-bond acceptors (Lipinski definition) is 2. The van der Waals surface area contributed by atoms with Crippen LogP contribution < -0.4 is 10.1 Å². The van der Waals surface area contributed by atoms with Crippen LogP contribution in [0, 0.1) is 19.8 Å². The first-order valence-corrected chi connectivity index (χ1v) is 6.41. The quantitative estimate of drug-likeness (QED) is 0.871. The Balaban J connectivity index is 2.58. The van der Waals surface area contributed by atoms with E-state index in [0.717, 1.165) is 11.3 Å². The van der Waals surface area contributed by atoms with Crippen molar-refractivity contribution in [2.45, 2.75) is 40.7 Å². The fourth-order valence-electron chi connectivity index (χ4n) is 1.62. The lowest BCUT2D eigenvalue weighted by Crippen LogP contribution is -2.38. The zero-order valence-corrected chi connectivity index (χ0v) is 11.9. The van der Waals surface area contributed by atoms with Crippen molar-refractivity contribution in [3.8, 4) is 5.75 Å². The van der Waals surface area contributed by atoms with Crippen LogP contribution in [0.1, 0.15) is 31.9 Å². The van der Waals surface area contributed by atoms with Gasteiger partial charge < -0.3 is 10.1 Å². The Morgan fingerprint density at radius 1 is 1.28 bits per heavy atom. The second-order valence-corrected chi connectivity index (χ2v) is 5.17. The van der Waals surface area contributed by atoms with E-state index in [2.05, 4.69) is 19.2 Å². The molecule has 1 rings (SSSR count). The first-order valence-electron chi connectivity index (χ1n) is 6.41. The van der Waals surface area contributed by atoms with Gasteiger partial charge in [0.25, 0.3) is 5.91 Å². The molecule has 3 heteroatoms. The summed E-state index contributed by atoms with van der Waals surface area (Å²) in [5.74, 6) is 1.15.